The number of anilines is 1. The molecular weight excluding hydrogens is 326 g/mol. The molecule has 0 radical (unpaired) electrons. The minimum atomic E-state index is -0.126. The van der Waals surface area contributed by atoms with Crippen molar-refractivity contribution < 1.29 is 9.32 Å². The molecule has 1 aliphatic rings. The third-order valence-corrected chi connectivity index (χ3v) is 4.41. The van der Waals surface area contributed by atoms with Gasteiger partial charge in [-0.25, -0.2) is 0 Å². The molecule has 24 heavy (non-hydrogen) atoms. The van der Waals surface area contributed by atoms with E-state index in [0.29, 0.717) is 29.7 Å². The maximum absolute atomic E-state index is 12.4. The Morgan fingerprint density at radius 2 is 1.83 bits per heavy atom. The topological polar surface area (TPSA) is 59.2 Å². The predicted octanol–water partition coefficient (Wildman–Crippen LogP) is 3.91. The molecule has 0 bridgehead atoms. The zero-order valence-electron chi connectivity index (χ0n) is 12.7. The number of hydrogen-bond acceptors (Lipinski definition) is 4. The van der Waals surface area contributed by atoms with Crippen LogP contribution in [0, 0.1) is 0 Å². The van der Waals surface area contributed by atoms with Crippen LogP contribution in [0.2, 0.25) is 5.02 Å². The monoisotopic (exact) mass is 339 g/mol. The SMILES string of the molecule is O=C1C[C@@H](c2nc(-c3ccccc3)no2)CN1c1ccccc1Cl. The molecule has 0 unspecified atom stereocenters. The lowest BCUT2D eigenvalue weighted by molar-refractivity contribution is -0.117. The normalized spacial score (nSPS) is 17.5. The molecule has 0 saturated carbocycles. The first-order valence-electron chi connectivity index (χ1n) is 7.66. The van der Waals surface area contributed by atoms with Crippen molar-refractivity contribution in [2.24, 2.45) is 0 Å². The average molecular weight is 340 g/mol. The van der Waals surface area contributed by atoms with Crippen LogP contribution in [-0.2, 0) is 4.79 Å². The number of para-hydroxylation sites is 1. The van der Waals surface area contributed by atoms with Crippen LogP contribution in [-0.4, -0.2) is 22.6 Å². The van der Waals surface area contributed by atoms with E-state index < -0.39 is 0 Å². The molecule has 0 N–H and O–H groups in total. The van der Waals surface area contributed by atoms with Gasteiger partial charge in [-0.05, 0) is 12.1 Å². The van der Waals surface area contributed by atoms with Crippen molar-refractivity contribution in [1.82, 2.24) is 10.1 Å². The van der Waals surface area contributed by atoms with Crippen LogP contribution >= 0.6 is 11.6 Å². The van der Waals surface area contributed by atoms with Crippen LogP contribution in [0.4, 0.5) is 5.69 Å². The van der Waals surface area contributed by atoms with Crippen molar-refractivity contribution in [3.8, 4) is 11.4 Å². The highest BCUT2D eigenvalue weighted by Crippen LogP contribution is 2.35. The lowest BCUT2D eigenvalue weighted by Crippen LogP contribution is -2.24. The second kappa shape index (κ2) is 6.09. The van der Waals surface area contributed by atoms with Gasteiger partial charge in [0.15, 0.2) is 0 Å². The van der Waals surface area contributed by atoms with Crippen molar-refractivity contribution in [3.63, 3.8) is 0 Å². The van der Waals surface area contributed by atoms with Crippen molar-refractivity contribution in [3.05, 3.63) is 65.5 Å². The van der Waals surface area contributed by atoms with Crippen molar-refractivity contribution in [1.29, 1.82) is 0 Å². The molecule has 6 heteroatoms. The van der Waals surface area contributed by atoms with E-state index in [-0.39, 0.29) is 11.8 Å². The van der Waals surface area contributed by atoms with Gasteiger partial charge in [0.2, 0.25) is 17.6 Å². The molecule has 1 saturated heterocycles. The summed E-state index contributed by atoms with van der Waals surface area (Å²) in [4.78, 5) is 18.5. The predicted molar refractivity (Wildman–Crippen MR) is 90.9 cm³/mol. The summed E-state index contributed by atoms with van der Waals surface area (Å²) in [6, 6.07) is 16.9. The van der Waals surface area contributed by atoms with Gasteiger partial charge in [0.1, 0.15) is 0 Å². The van der Waals surface area contributed by atoms with Crippen LogP contribution in [0.5, 0.6) is 0 Å². The van der Waals surface area contributed by atoms with Gasteiger partial charge in [-0.3, -0.25) is 4.79 Å². The molecular formula is C18H14ClN3O2. The molecule has 1 fully saturated rings. The van der Waals surface area contributed by atoms with Gasteiger partial charge >= 0.3 is 0 Å². The fourth-order valence-electron chi connectivity index (χ4n) is 2.88. The van der Waals surface area contributed by atoms with E-state index in [1.807, 2.05) is 48.5 Å². The molecule has 4 rings (SSSR count). The third-order valence-electron chi connectivity index (χ3n) is 4.09. The van der Waals surface area contributed by atoms with Crippen molar-refractivity contribution >= 4 is 23.2 Å². The van der Waals surface area contributed by atoms with Crippen molar-refractivity contribution in [2.75, 3.05) is 11.4 Å². The molecule has 1 aromatic heterocycles. The van der Waals surface area contributed by atoms with Gasteiger partial charge in [-0.1, -0.05) is 59.2 Å². The highest BCUT2D eigenvalue weighted by Gasteiger charge is 2.35. The maximum Gasteiger partial charge on any atom is 0.232 e. The molecule has 5 nitrogen and oxygen atoms in total. The Bertz CT molecular complexity index is 879. The molecule has 2 heterocycles. The van der Waals surface area contributed by atoms with Crippen LogP contribution in [0.25, 0.3) is 11.4 Å². The Balaban J connectivity index is 1.58. The van der Waals surface area contributed by atoms with Gasteiger partial charge in [0, 0.05) is 18.5 Å². The molecule has 0 aliphatic carbocycles. The van der Waals surface area contributed by atoms with E-state index >= 15 is 0 Å². The summed E-state index contributed by atoms with van der Waals surface area (Å²) in [7, 11) is 0. The fraction of sp³-hybridized carbons (Fsp3) is 0.167. The zero-order chi connectivity index (χ0) is 16.5. The van der Waals surface area contributed by atoms with E-state index in [9.17, 15) is 4.79 Å². The largest absolute Gasteiger partial charge is 0.339 e. The van der Waals surface area contributed by atoms with E-state index in [0.717, 1.165) is 11.3 Å². The number of hydrogen-bond donors (Lipinski definition) is 0. The van der Waals surface area contributed by atoms with Crippen LogP contribution in [0.15, 0.2) is 59.1 Å². The smallest absolute Gasteiger partial charge is 0.232 e. The van der Waals surface area contributed by atoms with E-state index in [1.54, 1.807) is 11.0 Å². The number of benzene rings is 2. The van der Waals surface area contributed by atoms with E-state index in [4.69, 9.17) is 16.1 Å². The zero-order valence-corrected chi connectivity index (χ0v) is 13.5. The van der Waals surface area contributed by atoms with Crippen LogP contribution in [0.1, 0.15) is 18.2 Å². The standard InChI is InChI=1S/C18H14ClN3O2/c19-14-8-4-5-9-15(14)22-11-13(10-16(22)23)18-20-17(21-24-18)12-6-2-1-3-7-12/h1-9,13H,10-11H2/t13-/m1/s1. The van der Waals surface area contributed by atoms with Crippen LogP contribution in [0.3, 0.4) is 0 Å². The third kappa shape index (κ3) is 2.67. The van der Waals surface area contributed by atoms with Gasteiger partial charge in [0.25, 0.3) is 0 Å². The second-order valence-corrected chi connectivity index (χ2v) is 6.09. The maximum atomic E-state index is 12.4. The number of aromatic nitrogens is 2. The van der Waals surface area contributed by atoms with Gasteiger partial charge in [-0.2, -0.15) is 4.98 Å². The Hall–Kier alpha value is -2.66. The molecule has 1 amide bonds. The van der Waals surface area contributed by atoms with E-state index in [2.05, 4.69) is 10.1 Å². The summed E-state index contributed by atoms with van der Waals surface area (Å²) < 4.78 is 5.39. The molecule has 2 aromatic carbocycles. The average Bonchev–Trinajstić information content (AvgIpc) is 3.23. The van der Waals surface area contributed by atoms with Gasteiger partial charge < -0.3 is 9.42 Å². The molecule has 3 aromatic rings. The summed E-state index contributed by atoms with van der Waals surface area (Å²) in [6.07, 6.45) is 0.335. The van der Waals surface area contributed by atoms with E-state index in [1.165, 1.54) is 0 Å². The van der Waals surface area contributed by atoms with Crippen molar-refractivity contribution in [2.45, 2.75) is 12.3 Å². The van der Waals surface area contributed by atoms with Gasteiger partial charge in [0.05, 0.1) is 16.6 Å². The highest BCUT2D eigenvalue weighted by molar-refractivity contribution is 6.33. The summed E-state index contributed by atoms with van der Waals surface area (Å²) in [5, 5.41) is 4.59. The number of carbonyl (C=O) groups is 1. The first-order chi connectivity index (χ1) is 11.7. The van der Waals surface area contributed by atoms with Crippen LogP contribution < -0.4 is 4.90 Å². The Morgan fingerprint density at radius 1 is 1.08 bits per heavy atom. The highest BCUT2D eigenvalue weighted by atomic mass is 35.5. The second-order valence-electron chi connectivity index (χ2n) is 5.68. The number of nitrogens with zero attached hydrogens (tertiary/aromatic N) is 3. The first-order valence-corrected chi connectivity index (χ1v) is 8.04. The quantitative estimate of drug-likeness (QED) is 0.726. The lowest BCUT2D eigenvalue weighted by Gasteiger charge is -2.17. The first kappa shape index (κ1) is 14.9. The molecule has 0 spiro atoms. The minimum Gasteiger partial charge on any atom is -0.339 e. The lowest BCUT2D eigenvalue weighted by atomic mass is 10.1. The summed E-state index contributed by atoms with van der Waals surface area (Å²) in [5.74, 6) is 0.900. The Kier molecular flexibility index (Phi) is 3.78. The minimum absolute atomic E-state index is 0.00700. The number of rotatable bonds is 3. The molecule has 1 atom stereocenters. The number of amides is 1. The number of halogens is 1. The summed E-state index contributed by atoms with van der Waals surface area (Å²) in [6.45, 7) is 0.485. The Morgan fingerprint density at radius 3 is 2.62 bits per heavy atom. The molecule has 1 aliphatic heterocycles. The summed E-state index contributed by atoms with van der Waals surface area (Å²) >= 11 is 6.20. The number of carbonyl (C=O) groups excluding carboxylic acids is 1. The fourth-order valence-corrected chi connectivity index (χ4v) is 3.12. The molecule has 120 valence electrons. The Labute approximate surface area is 143 Å². The summed E-state index contributed by atoms with van der Waals surface area (Å²) in [5.41, 5.74) is 1.61. The van der Waals surface area contributed by atoms with Gasteiger partial charge in [-0.15, -0.1) is 0 Å².